The van der Waals surface area contributed by atoms with Crippen LogP contribution in [0.25, 0.3) is 0 Å². The fraction of sp³-hybridized carbons (Fsp3) is 1.00. The smallest absolute Gasteiger partial charge is 1.00 e. The summed E-state index contributed by atoms with van der Waals surface area (Å²) in [7, 11) is 0.972. The van der Waals surface area contributed by atoms with E-state index in [9.17, 15) is 3.74 Å². The van der Waals surface area contributed by atoms with Gasteiger partial charge in [-0.2, -0.15) is 0 Å². The summed E-state index contributed by atoms with van der Waals surface area (Å²) >= 11 is -4.66. The molecule has 0 aromatic rings. The van der Waals surface area contributed by atoms with Gasteiger partial charge in [0.25, 0.3) is 0 Å². The van der Waals surface area contributed by atoms with Crippen molar-refractivity contribution in [2.45, 2.75) is 0 Å². The average Bonchev–Trinajstić information content (AvgIpc) is 1.35. The molecular weight excluding hydrogens is 197 g/mol. The minimum Gasteiger partial charge on any atom is -1.00 e. The van der Waals surface area contributed by atoms with Gasteiger partial charge in [-0.3, -0.25) is 0 Å². The zero-order chi connectivity index (χ0) is 5.21. The summed E-state index contributed by atoms with van der Waals surface area (Å²) in [6.45, 7) is 0. The normalized spacial score (nSPS) is 8.88. The van der Waals surface area contributed by atoms with Gasteiger partial charge in [0.05, 0.1) is 0 Å². The first-order chi connectivity index (χ1) is 2.56. The van der Waals surface area contributed by atoms with Crippen LogP contribution >= 0.6 is 0 Å². The van der Waals surface area contributed by atoms with Crippen LogP contribution in [-0.4, -0.2) is 29.8 Å². The molecule has 0 rings (SSSR count). The molecule has 0 spiro atoms. The van der Waals surface area contributed by atoms with Gasteiger partial charge in [-0.1, -0.05) is 0 Å². The molecule has 0 atom stereocenters. The zero-order valence-electron chi connectivity index (χ0n) is 7.16. The number of hydrogen-bond donors (Lipinski definition) is 2. The molecule has 8 heavy (non-hydrogen) atoms. The van der Waals surface area contributed by atoms with E-state index in [-0.39, 0.29) is 62.0 Å². The van der Waals surface area contributed by atoms with Crippen LogP contribution in [0, 0.1) is 0 Å². The molecule has 0 saturated heterocycles. The Kier molecular flexibility index (Phi) is 15.3. The summed E-state index contributed by atoms with van der Waals surface area (Å²) in [5.41, 5.74) is 0. The van der Waals surface area contributed by atoms with Gasteiger partial charge < -0.3 is 2.85 Å². The summed E-state index contributed by atoms with van der Waals surface area (Å²) in [4.78, 5) is 0. The molecule has 0 aromatic heterocycles. The quantitative estimate of drug-likeness (QED) is 0.416. The average molecular weight is 204 g/mol. The molecule has 0 aliphatic rings. The van der Waals surface area contributed by atoms with Gasteiger partial charge >= 0.3 is 96.4 Å². The van der Waals surface area contributed by atoms with Crippen LogP contribution in [0.5, 0.6) is 0 Å². The van der Waals surface area contributed by atoms with Gasteiger partial charge in [-0.05, 0) is 0 Å². The number of hydrogen-bond acceptors (Lipinski definition) is 2. The second-order valence-electron chi connectivity index (χ2n) is 0.673. The zero-order valence-corrected chi connectivity index (χ0v) is 11.0. The predicted octanol–water partition coefficient (Wildman–Crippen LogP) is -7.28. The van der Waals surface area contributed by atoms with Crippen LogP contribution in [-0.2, 0) is 7.47 Å². The fourth-order valence-corrected chi connectivity index (χ4v) is 0. The van der Waals surface area contributed by atoms with Gasteiger partial charge in [0.2, 0.25) is 0 Å². The van der Waals surface area contributed by atoms with Crippen LogP contribution in [0.2, 0.25) is 0 Å². The summed E-state index contributed by atoms with van der Waals surface area (Å²) in [5.74, 6) is 0. The maximum absolute atomic E-state index is 9.53. The standard InChI is InChI=1S/CH5AsO4.2Na.2H/c1-6-2(3,4)5;;;;/h1H3,(H2,3,4,5);;;;/q;2*+1;2*-1. The van der Waals surface area contributed by atoms with Gasteiger partial charge in [0.15, 0.2) is 0 Å². The van der Waals surface area contributed by atoms with E-state index >= 15 is 0 Å². The Morgan fingerprint density at radius 2 is 1.62 bits per heavy atom. The van der Waals surface area contributed by atoms with Crippen molar-refractivity contribution in [1.82, 2.24) is 0 Å². The van der Waals surface area contributed by atoms with Crippen molar-refractivity contribution in [3.8, 4) is 0 Å². The Labute approximate surface area is 97.9 Å². The molecule has 42 valence electrons. The van der Waals surface area contributed by atoms with E-state index in [0.29, 0.717) is 0 Å². The van der Waals surface area contributed by atoms with Crippen molar-refractivity contribution >= 4 is 14.5 Å². The van der Waals surface area contributed by atoms with E-state index in [1.165, 1.54) is 0 Å². The molecule has 0 fully saturated rings. The molecule has 0 unspecified atom stereocenters. The van der Waals surface area contributed by atoms with E-state index in [0.717, 1.165) is 7.11 Å². The van der Waals surface area contributed by atoms with Crippen molar-refractivity contribution < 1.29 is 77.6 Å². The third kappa shape index (κ3) is 15.7. The molecule has 0 aliphatic carbocycles. The van der Waals surface area contributed by atoms with Gasteiger partial charge in [-0.15, -0.1) is 0 Å². The molecule has 2 N–H and O–H groups in total. The topological polar surface area (TPSA) is 66.8 Å². The Morgan fingerprint density at radius 3 is 1.62 bits per heavy atom. The third-order valence-corrected chi connectivity index (χ3v) is 1.24. The largest absolute Gasteiger partial charge is 1.00 e. The first-order valence-electron chi connectivity index (χ1n) is 1.17. The van der Waals surface area contributed by atoms with Crippen LogP contribution in [0.1, 0.15) is 2.85 Å². The maximum Gasteiger partial charge on any atom is 1.00 e. The summed E-state index contributed by atoms with van der Waals surface area (Å²) in [6, 6.07) is 0. The minimum atomic E-state index is -4.66. The van der Waals surface area contributed by atoms with E-state index in [4.69, 9.17) is 8.19 Å². The van der Waals surface area contributed by atoms with Crippen molar-refractivity contribution in [2.24, 2.45) is 0 Å². The van der Waals surface area contributed by atoms with Crippen molar-refractivity contribution in [3.63, 3.8) is 0 Å². The predicted molar refractivity (Wildman–Crippen MR) is 20.1 cm³/mol. The Balaban J connectivity index is -0.0000000208. The molecule has 0 radical (unpaired) electrons. The number of rotatable bonds is 1. The summed E-state index contributed by atoms with van der Waals surface area (Å²) in [5, 5.41) is 0. The van der Waals surface area contributed by atoms with E-state index in [1.54, 1.807) is 0 Å². The Morgan fingerprint density at radius 1 is 1.50 bits per heavy atom. The third-order valence-electron chi connectivity index (χ3n) is 0.238. The van der Waals surface area contributed by atoms with Crippen LogP contribution in [0.3, 0.4) is 0 Å². The first kappa shape index (κ1) is 16.7. The minimum absolute atomic E-state index is 0. The first-order valence-corrected chi connectivity index (χ1v) is 4.38. The van der Waals surface area contributed by atoms with Gasteiger partial charge in [0.1, 0.15) is 0 Å². The molecule has 0 aliphatic heterocycles. The van der Waals surface area contributed by atoms with Crippen molar-refractivity contribution in [1.29, 1.82) is 0 Å². The Hall–Kier alpha value is 2.24. The summed E-state index contributed by atoms with van der Waals surface area (Å²) in [6.07, 6.45) is 0. The van der Waals surface area contributed by atoms with Crippen molar-refractivity contribution in [3.05, 3.63) is 0 Å². The second-order valence-corrected chi connectivity index (χ2v) is 3.50. The van der Waals surface area contributed by atoms with Crippen LogP contribution < -0.4 is 59.1 Å². The molecule has 0 aromatic carbocycles. The van der Waals surface area contributed by atoms with Crippen LogP contribution in [0.4, 0.5) is 0 Å². The van der Waals surface area contributed by atoms with Gasteiger partial charge in [0, 0.05) is 0 Å². The van der Waals surface area contributed by atoms with E-state index < -0.39 is 14.5 Å². The van der Waals surface area contributed by atoms with E-state index in [2.05, 4.69) is 3.73 Å². The van der Waals surface area contributed by atoms with Gasteiger partial charge in [-0.25, -0.2) is 0 Å². The molecule has 0 bridgehead atoms. The van der Waals surface area contributed by atoms with E-state index in [1.807, 2.05) is 0 Å². The maximum atomic E-state index is 9.53. The van der Waals surface area contributed by atoms with Crippen molar-refractivity contribution in [2.75, 3.05) is 7.11 Å². The molecule has 0 heterocycles. The molecule has 0 amide bonds. The SMILES string of the molecule is CO[As](=O)(O)O.[H-].[H-].[Na+].[Na+]. The Bertz CT molecular complexity index is 85.3. The molecule has 4 nitrogen and oxygen atoms in total. The molecular formula is CH7AsNa2O4. The fourth-order valence-electron chi connectivity index (χ4n) is 0. The molecule has 0 saturated carbocycles. The molecule has 7 heteroatoms. The summed E-state index contributed by atoms with van der Waals surface area (Å²) < 4.78 is 28.8. The monoisotopic (exact) mass is 204 g/mol. The second kappa shape index (κ2) is 7.35. The van der Waals surface area contributed by atoms with Crippen LogP contribution in [0.15, 0.2) is 0 Å².